The summed E-state index contributed by atoms with van der Waals surface area (Å²) in [6, 6.07) is 3.77. The van der Waals surface area contributed by atoms with E-state index in [9.17, 15) is 26.4 Å². The van der Waals surface area contributed by atoms with Crippen LogP contribution in [0.2, 0.25) is 5.02 Å². The van der Waals surface area contributed by atoms with Gasteiger partial charge in [0.1, 0.15) is 4.90 Å². The van der Waals surface area contributed by atoms with Gasteiger partial charge in [-0.2, -0.15) is 23.0 Å². The van der Waals surface area contributed by atoms with E-state index in [-0.39, 0.29) is 32.3 Å². The van der Waals surface area contributed by atoms with Crippen molar-refractivity contribution in [2.75, 3.05) is 5.75 Å². The molecule has 0 fully saturated rings. The van der Waals surface area contributed by atoms with E-state index in [4.69, 9.17) is 11.6 Å². The third kappa shape index (κ3) is 3.54. The predicted molar refractivity (Wildman–Crippen MR) is 92.9 cm³/mol. The molecular formula is C16H11ClF3N3O3S. The van der Waals surface area contributed by atoms with Crippen molar-refractivity contribution in [1.82, 2.24) is 14.8 Å². The molecule has 0 bridgehead atoms. The average molecular weight is 418 g/mol. The van der Waals surface area contributed by atoms with Crippen LogP contribution < -0.4 is 5.56 Å². The molecule has 3 aromatic rings. The number of pyridine rings is 1. The van der Waals surface area contributed by atoms with Crippen molar-refractivity contribution in [3.8, 4) is 5.82 Å². The Bertz CT molecular complexity index is 1210. The molecule has 0 radical (unpaired) electrons. The number of sulfone groups is 1. The number of hydrogen-bond acceptors (Lipinski definition) is 5. The Hall–Kier alpha value is -2.46. The molecule has 2 aromatic heterocycles. The minimum Gasteiger partial charge on any atom is -0.267 e. The van der Waals surface area contributed by atoms with Crippen molar-refractivity contribution in [1.29, 1.82) is 0 Å². The summed E-state index contributed by atoms with van der Waals surface area (Å²) >= 11 is 5.81. The normalized spacial score (nSPS) is 12.5. The number of benzene rings is 1. The van der Waals surface area contributed by atoms with Crippen LogP contribution in [0.5, 0.6) is 0 Å². The number of hydrogen-bond donors (Lipinski definition) is 0. The molecule has 27 heavy (non-hydrogen) atoms. The Kier molecular flexibility index (Phi) is 4.73. The first-order valence-corrected chi connectivity index (χ1v) is 9.55. The fourth-order valence-corrected chi connectivity index (χ4v) is 3.68. The second kappa shape index (κ2) is 6.61. The topological polar surface area (TPSA) is 81.9 Å². The third-order valence-electron chi connectivity index (χ3n) is 3.83. The van der Waals surface area contributed by atoms with Gasteiger partial charge in [0.2, 0.25) is 0 Å². The molecule has 0 amide bonds. The molecule has 0 aliphatic carbocycles. The van der Waals surface area contributed by atoms with Crippen molar-refractivity contribution < 1.29 is 21.6 Å². The van der Waals surface area contributed by atoms with Gasteiger partial charge in [0.25, 0.3) is 5.56 Å². The molecular weight excluding hydrogens is 407 g/mol. The van der Waals surface area contributed by atoms with Crippen LogP contribution in [0.1, 0.15) is 12.5 Å². The average Bonchev–Trinajstić information content (AvgIpc) is 2.61. The zero-order valence-corrected chi connectivity index (χ0v) is 15.2. The monoisotopic (exact) mass is 417 g/mol. The van der Waals surface area contributed by atoms with Gasteiger partial charge in [0, 0.05) is 11.6 Å². The van der Waals surface area contributed by atoms with Crippen molar-refractivity contribution in [3.05, 3.63) is 57.6 Å². The first-order valence-electron chi connectivity index (χ1n) is 7.52. The first kappa shape index (κ1) is 19.3. The number of rotatable bonds is 3. The van der Waals surface area contributed by atoms with Gasteiger partial charge in [-0.1, -0.05) is 24.6 Å². The van der Waals surface area contributed by atoms with Gasteiger partial charge in [-0.3, -0.25) is 4.79 Å². The number of fused-ring (bicyclic) bond motifs is 1. The maximum absolute atomic E-state index is 13.0. The Labute approximate surface area is 156 Å². The lowest BCUT2D eigenvalue weighted by molar-refractivity contribution is -0.137. The molecule has 0 unspecified atom stereocenters. The molecule has 142 valence electrons. The maximum atomic E-state index is 13.0. The highest BCUT2D eigenvalue weighted by Gasteiger charge is 2.31. The number of nitrogens with zero attached hydrogens (tertiary/aromatic N) is 3. The summed E-state index contributed by atoms with van der Waals surface area (Å²) in [6.07, 6.45) is -2.35. The zero-order valence-electron chi connectivity index (χ0n) is 13.7. The van der Waals surface area contributed by atoms with Crippen LogP contribution in [0.25, 0.3) is 16.6 Å². The van der Waals surface area contributed by atoms with Gasteiger partial charge in [0.05, 0.1) is 27.9 Å². The summed E-state index contributed by atoms with van der Waals surface area (Å²) in [6.45, 7) is 1.40. The molecule has 2 heterocycles. The number of halogens is 4. The molecule has 0 saturated carbocycles. The molecule has 0 spiro atoms. The summed E-state index contributed by atoms with van der Waals surface area (Å²) in [4.78, 5) is 16.3. The van der Waals surface area contributed by atoms with Gasteiger partial charge in [-0.25, -0.2) is 13.4 Å². The van der Waals surface area contributed by atoms with Crippen LogP contribution in [0, 0.1) is 0 Å². The lowest BCUT2D eigenvalue weighted by atomic mass is 10.1. The summed E-state index contributed by atoms with van der Waals surface area (Å²) in [7, 11) is -3.83. The first-order chi connectivity index (χ1) is 12.5. The minimum atomic E-state index is -4.63. The smallest absolute Gasteiger partial charge is 0.267 e. The fourth-order valence-electron chi connectivity index (χ4n) is 2.42. The largest absolute Gasteiger partial charge is 0.416 e. The maximum Gasteiger partial charge on any atom is 0.416 e. The second-order valence-electron chi connectivity index (χ2n) is 5.54. The van der Waals surface area contributed by atoms with Crippen molar-refractivity contribution in [2.45, 2.75) is 18.0 Å². The van der Waals surface area contributed by atoms with Gasteiger partial charge in [-0.15, -0.1) is 0 Å². The Morgan fingerprint density at radius 2 is 1.89 bits per heavy atom. The highest BCUT2D eigenvalue weighted by atomic mass is 35.5. The Morgan fingerprint density at radius 3 is 2.52 bits per heavy atom. The SMILES string of the molecule is CCS(=O)(=O)c1cc(Cl)cnc1-n1ncc2ccc(C(F)(F)F)cc2c1=O. The van der Waals surface area contributed by atoms with Crippen molar-refractivity contribution in [3.63, 3.8) is 0 Å². The van der Waals surface area contributed by atoms with Crippen LogP contribution in [0.3, 0.4) is 0 Å². The predicted octanol–water partition coefficient (Wildman–Crippen LogP) is 3.25. The van der Waals surface area contributed by atoms with E-state index in [2.05, 4.69) is 10.1 Å². The molecule has 0 saturated heterocycles. The Morgan fingerprint density at radius 1 is 1.19 bits per heavy atom. The van der Waals surface area contributed by atoms with E-state index in [1.165, 1.54) is 6.92 Å². The van der Waals surface area contributed by atoms with E-state index in [0.717, 1.165) is 30.6 Å². The van der Waals surface area contributed by atoms with E-state index in [0.29, 0.717) is 10.7 Å². The van der Waals surface area contributed by atoms with Crippen LogP contribution >= 0.6 is 11.6 Å². The number of aromatic nitrogens is 3. The van der Waals surface area contributed by atoms with E-state index in [1.807, 2.05) is 0 Å². The number of alkyl halides is 3. The summed E-state index contributed by atoms with van der Waals surface area (Å²) in [5.74, 6) is -0.617. The van der Waals surface area contributed by atoms with Crippen molar-refractivity contribution >= 4 is 32.2 Å². The van der Waals surface area contributed by atoms with E-state index in [1.54, 1.807) is 0 Å². The molecule has 0 N–H and O–H groups in total. The quantitative estimate of drug-likeness (QED) is 0.653. The molecule has 11 heteroatoms. The second-order valence-corrected chi connectivity index (χ2v) is 8.22. The molecule has 1 aromatic carbocycles. The summed E-state index contributed by atoms with van der Waals surface area (Å²) < 4.78 is 64.1. The standard InChI is InChI=1S/C16H11ClF3N3O3S/c1-2-27(25,26)13-6-11(17)8-21-14(13)23-15(24)12-5-10(16(18,19)20)4-3-9(12)7-22-23/h3-8H,2H2,1H3. The highest BCUT2D eigenvalue weighted by molar-refractivity contribution is 7.91. The van der Waals surface area contributed by atoms with Gasteiger partial charge < -0.3 is 0 Å². The third-order valence-corrected chi connectivity index (χ3v) is 5.77. The molecule has 3 rings (SSSR count). The van der Waals surface area contributed by atoms with Gasteiger partial charge in [0.15, 0.2) is 15.7 Å². The van der Waals surface area contributed by atoms with Crippen LogP contribution in [0.15, 0.2) is 46.3 Å². The Balaban J connectivity index is 2.34. The van der Waals surface area contributed by atoms with Crippen LogP contribution in [-0.2, 0) is 16.0 Å². The minimum absolute atomic E-state index is 0.0268. The lowest BCUT2D eigenvalue weighted by Crippen LogP contribution is -2.24. The van der Waals surface area contributed by atoms with E-state index < -0.39 is 27.1 Å². The van der Waals surface area contributed by atoms with Gasteiger partial charge >= 0.3 is 6.18 Å². The lowest BCUT2D eigenvalue weighted by Gasteiger charge is -2.12. The molecule has 0 aliphatic rings. The molecule has 6 nitrogen and oxygen atoms in total. The summed E-state index contributed by atoms with van der Waals surface area (Å²) in [5.41, 5.74) is -1.93. The zero-order chi connectivity index (χ0) is 20.0. The van der Waals surface area contributed by atoms with E-state index >= 15 is 0 Å². The fraction of sp³-hybridized carbons (Fsp3) is 0.188. The molecule has 0 aliphatic heterocycles. The molecule has 0 atom stereocenters. The highest BCUT2D eigenvalue weighted by Crippen LogP contribution is 2.30. The van der Waals surface area contributed by atoms with Crippen LogP contribution in [-0.4, -0.2) is 28.9 Å². The van der Waals surface area contributed by atoms with Crippen LogP contribution in [0.4, 0.5) is 13.2 Å². The van der Waals surface area contributed by atoms with Gasteiger partial charge in [-0.05, 0) is 18.2 Å². The summed E-state index contributed by atoms with van der Waals surface area (Å²) in [5, 5.41) is 3.80. The van der Waals surface area contributed by atoms with Crippen molar-refractivity contribution in [2.24, 2.45) is 0 Å².